The molecule has 1 rings (SSSR count). The highest BCUT2D eigenvalue weighted by Gasteiger charge is 2.22. The standard InChI is InChI=1S/C13H19BrO3/c1-13(2,3)10-6-9(16-5)7-11(14)12(10)17-8-15-4/h6-7H,8H2,1-5H3. The number of hydrogen-bond donors (Lipinski definition) is 0. The van der Waals surface area contributed by atoms with Crippen molar-refractivity contribution in [3.8, 4) is 11.5 Å². The second-order valence-corrected chi connectivity index (χ2v) is 5.64. The van der Waals surface area contributed by atoms with Gasteiger partial charge in [0.25, 0.3) is 0 Å². The Labute approximate surface area is 111 Å². The van der Waals surface area contributed by atoms with Crippen LogP contribution in [0.25, 0.3) is 0 Å². The summed E-state index contributed by atoms with van der Waals surface area (Å²) in [5.41, 5.74) is 1.06. The molecule has 0 saturated carbocycles. The zero-order chi connectivity index (χ0) is 13.1. The number of rotatable bonds is 4. The average molecular weight is 303 g/mol. The van der Waals surface area contributed by atoms with Gasteiger partial charge in [0, 0.05) is 12.7 Å². The SMILES string of the molecule is COCOc1c(Br)cc(OC)cc1C(C)(C)C. The average Bonchev–Trinajstić information content (AvgIpc) is 2.25. The highest BCUT2D eigenvalue weighted by molar-refractivity contribution is 9.10. The summed E-state index contributed by atoms with van der Waals surface area (Å²) in [6.07, 6.45) is 0. The van der Waals surface area contributed by atoms with Crippen LogP contribution in [0, 0.1) is 0 Å². The van der Waals surface area contributed by atoms with E-state index in [0.29, 0.717) is 0 Å². The largest absolute Gasteiger partial charge is 0.497 e. The van der Waals surface area contributed by atoms with Gasteiger partial charge in [0.05, 0.1) is 11.6 Å². The third kappa shape index (κ3) is 3.61. The van der Waals surface area contributed by atoms with Crippen molar-refractivity contribution in [3.05, 3.63) is 22.2 Å². The van der Waals surface area contributed by atoms with Crippen LogP contribution in [0.5, 0.6) is 11.5 Å². The van der Waals surface area contributed by atoms with Gasteiger partial charge in [0.15, 0.2) is 6.79 Å². The van der Waals surface area contributed by atoms with Crippen molar-refractivity contribution in [2.45, 2.75) is 26.2 Å². The Morgan fingerprint density at radius 3 is 2.29 bits per heavy atom. The zero-order valence-corrected chi connectivity index (χ0v) is 12.6. The van der Waals surface area contributed by atoms with Gasteiger partial charge in [-0.3, -0.25) is 0 Å². The van der Waals surface area contributed by atoms with Crippen LogP contribution >= 0.6 is 15.9 Å². The van der Waals surface area contributed by atoms with E-state index in [2.05, 4.69) is 36.7 Å². The normalized spacial score (nSPS) is 11.4. The lowest BCUT2D eigenvalue weighted by Crippen LogP contribution is -2.15. The lowest BCUT2D eigenvalue weighted by atomic mass is 9.86. The maximum absolute atomic E-state index is 5.62. The Hall–Kier alpha value is -0.740. The van der Waals surface area contributed by atoms with Gasteiger partial charge in [-0.2, -0.15) is 0 Å². The van der Waals surface area contributed by atoms with Gasteiger partial charge >= 0.3 is 0 Å². The van der Waals surface area contributed by atoms with Crippen LogP contribution in [0.2, 0.25) is 0 Å². The maximum Gasteiger partial charge on any atom is 0.188 e. The second-order valence-electron chi connectivity index (χ2n) is 4.79. The van der Waals surface area contributed by atoms with Crippen molar-refractivity contribution in [1.82, 2.24) is 0 Å². The van der Waals surface area contributed by atoms with Crippen LogP contribution in [-0.4, -0.2) is 21.0 Å². The second kappa shape index (κ2) is 5.74. The number of methoxy groups -OCH3 is 2. The number of hydrogen-bond acceptors (Lipinski definition) is 3. The van der Waals surface area contributed by atoms with Crippen LogP contribution in [0.4, 0.5) is 0 Å². The Bertz CT molecular complexity index is 383. The van der Waals surface area contributed by atoms with Crippen molar-refractivity contribution in [2.75, 3.05) is 21.0 Å². The Morgan fingerprint density at radius 2 is 1.82 bits per heavy atom. The van der Waals surface area contributed by atoms with E-state index >= 15 is 0 Å². The zero-order valence-electron chi connectivity index (χ0n) is 11.0. The molecule has 0 atom stereocenters. The Morgan fingerprint density at radius 1 is 1.18 bits per heavy atom. The summed E-state index contributed by atoms with van der Waals surface area (Å²) >= 11 is 3.50. The van der Waals surface area contributed by atoms with E-state index in [1.807, 2.05) is 12.1 Å². The number of ether oxygens (including phenoxy) is 3. The van der Waals surface area contributed by atoms with Crippen molar-refractivity contribution >= 4 is 15.9 Å². The summed E-state index contributed by atoms with van der Waals surface area (Å²) in [5.74, 6) is 1.62. The lowest BCUT2D eigenvalue weighted by molar-refractivity contribution is 0.0492. The van der Waals surface area contributed by atoms with E-state index in [4.69, 9.17) is 14.2 Å². The highest BCUT2D eigenvalue weighted by Crippen LogP contribution is 2.40. The first kappa shape index (κ1) is 14.3. The first-order valence-corrected chi connectivity index (χ1v) is 6.19. The van der Waals surface area contributed by atoms with E-state index in [1.165, 1.54) is 0 Å². The van der Waals surface area contributed by atoms with Crippen LogP contribution in [0.15, 0.2) is 16.6 Å². The molecule has 0 heterocycles. The molecule has 0 radical (unpaired) electrons. The molecule has 0 bridgehead atoms. The summed E-state index contributed by atoms with van der Waals surface area (Å²) in [6, 6.07) is 3.88. The Kier molecular flexibility index (Phi) is 4.83. The molecule has 0 aliphatic carbocycles. The topological polar surface area (TPSA) is 27.7 Å². The van der Waals surface area contributed by atoms with Crippen molar-refractivity contribution in [3.63, 3.8) is 0 Å². The minimum atomic E-state index is -0.0276. The molecule has 0 aliphatic heterocycles. The molecule has 0 spiro atoms. The molecule has 96 valence electrons. The van der Waals surface area contributed by atoms with Gasteiger partial charge < -0.3 is 14.2 Å². The Balaban J connectivity index is 3.25. The quantitative estimate of drug-likeness (QED) is 0.793. The number of benzene rings is 1. The molecule has 1 aromatic rings. The molecule has 3 nitrogen and oxygen atoms in total. The van der Waals surface area contributed by atoms with Crippen LogP contribution in [0.3, 0.4) is 0 Å². The van der Waals surface area contributed by atoms with Gasteiger partial charge in [-0.15, -0.1) is 0 Å². The molecule has 0 aliphatic rings. The molecule has 0 amide bonds. The fourth-order valence-electron chi connectivity index (χ4n) is 1.51. The maximum atomic E-state index is 5.62. The monoisotopic (exact) mass is 302 g/mol. The van der Waals surface area contributed by atoms with Crippen molar-refractivity contribution < 1.29 is 14.2 Å². The van der Waals surface area contributed by atoms with E-state index in [0.717, 1.165) is 21.5 Å². The van der Waals surface area contributed by atoms with E-state index in [9.17, 15) is 0 Å². The predicted molar refractivity (Wildman–Crippen MR) is 71.9 cm³/mol. The van der Waals surface area contributed by atoms with Crippen LogP contribution in [0.1, 0.15) is 26.3 Å². The highest BCUT2D eigenvalue weighted by atomic mass is 79.9. The molecule has 0 N–H and O–H groups in total. The van der Waals surface area contributed by atoms with Gasteiger partial charge in [0.1, 0.15) is 11.5 Å². The summed E-state index contributed by atoms with van der Waals surface area (Å²) in [6.45, 7) is 6.63. The van der Waals surface area contributed by atoms with Gasteiger partial charge in [0.2, 0.25) is 0 Å². The van der Waals surface area contributed by atoms with Gasteiger partial charge in [-0.05, 0) is 33.5 Å². The molecular formula is C13H19BrO3. The molecule has 17 heavy (non-hydrogen) atoms. The molecule has 1 aromatic carbocycles. The van der Waals surface area contributed by atoms with Crippen LogP contribution < -0.4 is 9.47 Å². The third-order valence-electron chi connectivity index (χ3n) is 2.38. The number of halogens is 1. The van der Waals surface area contributed by atoms with Crippen molar-refractivity contribution in [1.29, 1.82) is 0 Å². The molecular weight excluding hydrogens is 284 g/mol. The lowest BCUT2D eigenvalue weighted by Gasteiger charge is -2.24. The fourth-order valence-corrected chi connectivity index (χ4v) is 2.06. The minimum absolute atomic E-state index is 0.0276. The third-order valence-corrected chi connectivity index (χ3v) is 2.97. The summed E-state index contributed by atoms with van der Waals surface area (Å²) in [7, 11) is 3.26. The smallest absolute Gasteiger partial charge is 0.188 e. The van der Waals surface area contributed by atoms with E-state index in [1.54, 1.807) is 14.2 Å². The fraction of sp³-hybridized carbons (Fsp3) is 0.538. The molecule has 0 unspecified atom stereocenters. The van der Waals surface area contributed by atoms with E-state index < -0.39 is 0 Å². The molecule has 4 heteroatoms. The first-order chi connectivity index (χ1) is 7.90. The summed E-state index contributed by atoms with van der Waals surface area (Å²) in [5, 5.41) is 0. The molecule has 0 fully saturated rings. The van der Waals surface area contributed by atoms with E-state index in [-0.39, 0.29) is 12.2 Å². The molecule has 0 saturated heterocycles. The molecule has 0 aromatic heterocycles. The first-order valence-electron chi connectivity index (χ1n) is 5.40. The summed E-state index contributed by atoms with van der Waals surface area (Å²) in [4.78, 5) is 0. The summed E-state index contributed by atoms with van der Waals surface area (Å²) < 4.78 is 16.7. The van der Waals surface area contributed by atoms with Crippen LogP contribution in [-0.2, 0) is 10.2 Å². The van der Waals surface area contributed by atoms with Gasteiger partial charge in [-0.1, -0.05) is 20.8 Å². The van der Waals surface area contributed by atoms with Gasteiger partial charge in [-0.25, -0.2) is 0 Å². The van der Waals surface area contributed by atoms with Crippen molar-refractivity contribution in [2.24, 2.45) is 0 Å². The predicted octanol–water partition coefficient (Wildman–Crippen LogP) is 3.74. The minimum Gasteiger partial charge on any atom is -0.497 e.